The molecule has 1 aliphatic rings. The van der Waals surface area contributed by atoms with Crippen molar-refractivity contribution in [2.24, 2.45) is 0 Å². The lowest BCUT2D eigenvalue weighted by atomic mass is 9.96. The van der Waals surface area contributed by atoms with E-state index >= 15 is 0 Å². The smallest absolute Gasteiger partial charge is 0.222 e. The minimum atomic E-state index is -0.117. The lowest BCUT2D eigenvalue weighted by Gasteiger charge is -2.25. The Kier molecular flexibility index (Phi) is 7.06. The van der Waals surface area contributed by atoms with Gasteiger partial charge in [0, 0.05) is 19.0 Å². The summed E-state index contributed by atoms with van der Waals surface area (Å²) in [4.78, 5) is 12.7. The second-order valence-corrected chi connectivity index (χ2v) is 7.53. The van der Waals surface area contributed by atoms with Crippen molar-refractivity contribution in [3.63, 3.8) is 0 Å². The Hall–Kier alpha value is -2.37. The number of benzene rings is 2. The van der Waals surface area contributed by atoms with E-state index in [1.165, 1.54) is 16.7 Å². The fourth-order valence-corrected chi connectivity index (χ4v) is 3.76. The van der Waals surface area contributed by atoms with Gasteiger partial charge in [0.05, 0.1) is 26.4 Å². The van der Waals surface area contributed by atoms with Crippen molar-refractivity contribution in [1.82, 2.24) is 10.6 Å². The highest BCUT2D eigenvalue weighted by Crippen LogP contribution is 2.24. The van der Waals surface area contributed by atoms with Crippen LogP contribution in [0.25, 0.3) is 0 Å². The van der Waals surface area contributed by atoms with Gasteiger partial charge in [0.1, 0.15) is 5.75 Å². The molecule has 0 bridgehead atoms. The highest BCUT2D eigenvalue weighted by Gasteiger charge is 2.21. The summed E-state index contributed by atoms with van der Waals surface area (Å²) in [6.45, 7) is 6.28. The third kappa shape index (κ3) is 5.81. The van der Waals surface area contributed by atoms with Gasteiger partial charge in [-0.2, -0.15) is 0 Å². The molecule has 28 heavy (non-hydrogen) atoms. The molecule has 1 amide bonds. The summed E-state index contributed by atoms with van der Waals surface area (Å²) < 4.78 is 10.8. The number of amides is 1. The molecule has 0 aromatic heterocycles. The third-order valence-corrected chi connectivity index (χ3v) is 4.98. The molecule has 2 atom stereocenters. The maximum atomic E-state index is 12.7. The van der Waals surface area contributed by atoms with E-state index in [-0.39, 0.29) is 18.0 Å². The fraction of sp³-hybridized carbons (Fsp3) is 0.435. The Bertz CT molecular complexity index is 780. The molecule has 0 saturated carbocycles. The van der Waals surface area contributed by atoms with E-state index in [2.05, 4.69) is 42.7 Å². The summed E-state index contributed by atoms with van der Waals surface area (Å²) in [5, 5.41) is 6.57. The van der Waals surface area contributed by atoms with E-state index in [0.29, 0.717) is 19.6 Å². The first-order valence-corrected chi connectivity index (χ1v) is 9.85. The van der Waals surface area contributed by atoms with E-state index in [4.69, 9.17) is 9.47 Å². The van der Waals surface area contributed by atoms with Gasteiger partial charge in [-0.25, -0.2) is 0 Å². The maximum Gasteiger partial charge on any atom is 0.222 e. The van der Waals surface area contributed by atoms with Crippen LogP contribution in [0.2, 0.25) is 0 Å². The molecule has 0 spiro atoms. The Morgan fingerprint density at radius 1 is 1.25 bits per heavy atom. The SMILES string of the molecule is COc1cccc(C(Cc2cc(C)cc(C)c2)NC(=O)CC2COCCN2)c1. The quantitative estimate of drug-likeness (QED) is 0.773. The van der Waals surface area contributed by atoms with Crippen molar-refractivity contribution in [1.29, 1.82) is 0 Å². The van der Waals surface area contributed by atoms with Crippen LogP contribution in [0, 0.1) is 13.8 Å². The van der Waals surface area contributed by atoms with Crippen LogP contribution in [-0.2, 0) is 16.0 Å². The highest BCUT2D eigenvalue weighted by atomic mass is 16.5. The first kappa shape index (κ1) is 20.4. The first-order valence-electron chi connectivity index (χ1n) is 9.85. The molecule has 0 aliphatic carbocycles. The maximum absolute atomic E-state index is 12.7. The van der Waals surface area contributed by atoms with Gasteiger partial charge in [-0.3, -0.25) is 4.79 Å². The van der Waals surface area contributed by atoms with E-state index in [1.54, 1.807) is 7.11 Å². The molecule has 2 N–H and O–H groups in total. The van der Waals surface area contributed by atoms with Crippen LogP contribution in [0.5, 0.6) is 5.75 Å². The van der Waals surface area contributed by atoms with Gasteiger partial charge < -0.3 is 20.1 Å². The molecule has 2 unspecified atom stereocenters. The molecule has 1 saturated heterocycles. The van der Waals surface area contributed by atoms with Crippen LogP contribution in [0.3, 0.4) is 0 Å². The normalized spacial score (nSPS) is 17.8. The van der Waals surface area contributed by atoms with Crippen molar-refractivity contribution in [2.75, 3.05) is 26.9 Å². The molecule has 1 aliphatic heterocycles. The lowest BCUT2D eigenvalue weighted by Crippen LogP contribution is -2.44. The summed E-state index contributed by atoms with van der Waals surface area (Å²) in [5.41, 5.74) is 4.72. The van der Waals surface area contributed by atoms with E-state index < -0.39 is 0 Å². The number of aryl methyl sites for hydroxylation is 2. The van der Waals surface area contributed by atoms with Gasteiger partial charge in [-0.1, -0.05) is 41.5 Å². The monoisotopic (exact) mass is 382 g/mol. The summed E-state index contributed by atoms with van der Waals surface area (Å²) in [7, 11) is 1.66. The number of methoxy groups -OCH3 is 1. The van der Waals surface area contributed by atoms with Gasteiger partial charge in [0.15, 0.2) is 0 Å². The Balaban J connectivity index is 1.77. The Morgan fingerprint density at radius 3 is 2.71 bits per heavy atom. The zero-order valence-corrected chi connectivity index (χ0v) is 17.0. The topological polar surface area (TPSA) is 59.6 Å². The molecule has 3 rings (SSSR count). The van der Waals surface area contributed by atoms with Gasteiger partial charge in [-0.05, 0) is 43.5 Å². The molecule has 5 heteroatoms. The molecule has 2 aromatic rings. The van der Waals surface area contributed by atoms with Crippen LogP contribution in [0.1, 0.15) is 34.7 Å². The molecule has 0 radical (unpaired) electrons. The summed E-state index contributed by atoms with van der Waals surface area (Å²) in [5.74, 6) is 0.819. The van der Waals surface area contributed by atoms with E-state index in [1.807, 2.05) is 24.3 Å². The molecular weight excluding hydrogens is 352 g/mol. The van der Waals surface area contributed by atoms with Crippen LogP contribution in [-0.4, -0.2) is 38.8 Å². The Morgan fingerprint density at radius 2 is 2.04 bits per heavy atom. The number of ether oxygens (including phenoxy) is 2. The lowest BCUT2D eigenvalue weighted by molar-refractivity contribution is -0.123. The zero-order chi connectivity index (χ0) is 19.9. The number of morpholine rings is 1. The summed E-state index contributed by atoms with van der Waals surface area (Å²) in [6, 6.07) is 14.4. The van der Waals surface area contributed by atoms with Crippen molar-refractivity contribution < 1.29 is 14.3 Å². The van der Waals surface area contributed by atoms with Crippen molar-refractivity contribution >= 4 is 5.91 Å². The molecule has 1 fully saturated rings. The fourth-order valence-electron chi connectivity index (χ4n) is 3.76. The number of carbonyl (C=O) groups is 1. The second kappa shape index (κ2) is 9.71. The molecule has 5 nitrogen and oxygen atoms in total. The molecule has 2 aromatic carbocycles. The standard InChI is InChI=1S/C23H30N2O3/c1-16-9-17(2)11-18(10-16)12-22(19-5-4-6-21(13-19)27-3)25-23(26)14-20-15-28-8-7-24-20/h4-6,9-11,13,20,22,24H,7-8,12,14-15H2,1-3H3,(H,25,26). The minimum Gasteiger partial charge on any atom is -0.497 e. The molecular formula is C23H30N2O3. The predicted molar refractivity (Wildman–Crippen MR) is 111 cm³/mol. The minimum absolute atomic E-state index is 0.0280. The zero-order valence-electron chi connectivity index (χ0n) is 17.0. The van der Waals surface area contributed by atoms with Gasteiger partial charge >= 0.3 is 0 Å². The number of carbonyl (C=O) groups excluding carboxylic acids is 1. The number of hydrogen-bond acceptors (Lipinski definition) is 4. The van der Waals surface area contributed by atoms with Gasteiger partial charge in [-0.15, -0.1) is 0 Å². The number of hydrogen-bond donors (Lipinski definition) is 2. The largest absolute Gasteiger partial charge is 0.497 e. The van der Waals surface area contributed by atoms with Gasteiger partial charge in [0.25, 0.3) is 0 Å². The van der Waals surface area contributed by atoms with Crippen molar-refractivity contribution in [3.8, 4) is 5.75 Å². The van der Waals surface area contributed by atoms with Crippen LogP contribution >= 0.6 is 0 Å². The average Bonchev–Trinajstić information content (AvgIpc) is 2.67. The molecule has 150 valence electrons. The number of nitrogens with one attached hydrogen (secondary N) is 2. The van der Waals surface area contributed by atoms with Crippen LogP contribution < -0.4 is 15.4 Å². The third-order valence-electron chi connectivity index (χ3n) is 4.98. The number of rotatable bonds is 7. The highest BCUT2D eigenvalue weighted by molar-refractivity contribution is 5.77. The predicted octanol–water partition coefficient (Wildman–Crippen LogP) is 3.09. The van der Waals surface area contributed by atoms with Crippen LogP contribution in [0.4, 0.5) is 0 Å². The van der Waals surface area contributed by atoms with E-state index in [9.17, 15) is 4.79 Å². The van der Waals surface area contributed by atoms with Gasteiger partial charge in [0.2, 0.25) is 5.91 Å². The Labute approximate surface area is 167 Å². The molecule has 1 heterocycles. The average molecular weight is 383 g/mol. The van der Waals surface area contributed by atoms with Crippen LogP contribution in [0.15, 0.2) is 42.5 Å². The second-order valence-electron chi connectivity index (χ2n) is 7.53. The summed E-state index contributed by atoms with van der Waals surface area (Å²) >= 11 is 0. The van der Waals surface area contributed by atoms with E-state index in [0.717, 1.165) is 24.3 Å². The van der Waals surface area contributed by atoms with Crippen molar-refractivity contribution in [3.05, 3.63) is 64.7 Å². The first-order chi connectivity index (χ1) is 13.5. The summed E-state index contributed by atoms with van der Waals surface area (Å²) in [6.07, 6.45) is 1.14. The van der Waals surface area contributed by atoms with Crippen molar-refractivity contribution in [2.45, 2.75) is 38.8 Å².